The van der Waals surface area contributed by atoms with E-state index in [1.807, 2.05) is 36.9 Å². The largest absolute Gasteiger partial charge is 0.484 e. The number of hydrogen-bond donors (Lipinski definition) is 1. The fourth-order valence-corrected chi connectivity index (χ4v) is 2.57. The van der Waals surface area contributed by atoms with E-state index in [2.05, 4.69) is 0 Å². The van der Waals surface area contributed by atoms with Crippen LogP contribution in [-0.2, 0) is 9.59 Å². The molecule has 0 aliphatic carbocycles. The van der Waals surface area contributed by atoms with Crippen LogP contribution in [0.3, 0.4) is 0 Å². The van der Waals surface area contributed by atoms with Gasteiger partial charge in [-0.15, -0.1) is 0 Å². The van der Waals surface area contributed by atoms with Crippen LogP contribution in [0.25, 0.3) is 0 Å². The highest BCUT2D eigenvalue weighted by Crippen LogP contribution is 2.18. The Bertz CT molecular complexity index is 552. The van der Waals surface area contributed by atoms with Crippen LogP contribution in [0, 0.1) is 13.8 Å². The first-order chi connectivity index (χ1) is 10.5. The molecule has 0 atom stereocenters. The Labute approximate surface area is 130 Å². The molecule has 0 aromatic heterocycles. The Hall–Kier alpha value is -2.08. The number of ether oxygens (including phenoxy) is 1. The van der Waals surface area contributed by atoms with E-state index in [1.165, 1.54) is 5.56 Å². The van der Waals surface area contributed by atoms with E-state index in [-0.39, 0.29) is 25.0 Å². The van der Waals surface area contributed by atoms with Gasteiger partial charge in [-0.2, -0.15) is 0 Å². The van der Waals surface area contributed by atoms with E-state index in [9.17, 15) is 9.59 Å². The molecule has 1 aliphatic rings. The molecule has 22 heavy (non-hydrogen) atoms. The molecule has 2 rings (SSSR count). The van der Waals surface area contributed by atoms with Crippen LogP contribution in [0.1, 0.15) is 11.1 Å². The van der Waals surface area contributed by atoms with Crippen molar-refractivity contribution in [3.8, 4) is 5.75 Å². The minimum absolute atomic E-state index is 0.0290. The molecule has 0 unspecified atom stereocenters. The number of benzene rings is 1. The number of primary amides is 1. The van der Waals surface area contributed by atoms with E-state index in [0.717, 1.165) is 11.3 Å². The Morgan fingerprint density at radius 3 is 2.45 bits per heavy atom. The van der Waals surface area contributed by atoms with Crippen LogP contribution in [0.4, 0.5) is 0 Å². The molecule has 2 N–H and O–H groups in total. The summed E-state index contributed by atoms with van der Waals surface area (Å²) in [5, 5.41) is 0. The molecular weight excluding hydrogens is 282 g/mol. The number of amides is 2. The predicted octanol–water partition coefficient (Wildman–Crippen LogP) is 0.312. The van der Waals surface area contributed by atoms with Crippen molar-refractivity contribution in [1.29, 1.82) is 0 Å². The summed E-state index contributed by atoms with van der Waals surface area (Å²) in [6.07, 6.45) is 0. The van der Waals surface area contributed by atoms with Gasteiger partial charge < -0.3 is 15.4 Å². The average molecular weight is 305 g/mol. The summed E-state index contributed by atoms with van der Waals surface area (Å²) in [6, 6.07) is 5.89. The summed E-state index contributed by atoms with van der Waals surface area (Å²) in [6.45, 7) is 6.81. The third-order valence-corrected chi connectivity index (χ3v) is 3.79. The maximum atomic E-state index is 12.2. The smallest absolute Gasteiger partial charge is 0.260 e. The predicted molar refractivity (Wildman–Crippen MR) is 83.6 cm³/mol. The first kappa shape index (κ1) is 16.3. The van der Waals surface area contributed by atoms with E-state index >= 15 is 0 Å². The topological polar surface area (TPSA) is 75.9 Å². The SMILES string of the molecule is Cc1ccc(OCC(=O)N2CCN(CC(N)=O)CC2)c(C)c1. The highest BCUT2D eigenvalue weighted by Gasteiger charge is 2.22. The summed E-state index contributed by atoms with van der Waals surface area (Å²) in [5.41, 5.74) is 7.37. The fourth-order valence-electron chi connectivity index (χ4n) is 2.57. The van der Waals surface area contributed by atoms with Gasteiger partial charge in [0.05, 0.1) is 6.54 Å². The molecule has 0 spiro atoms. The zero-order valence-corrected chi connectivity index (χ0v) is 13.2. The summed E-state index contributed by atoms with van der Waals surface area (Å²) < 4.78 is 5.62. The van der Waals surface area contributed by atoms with Crippen LogP contribution in [0.2, 0.25) is 0 Å². The average Bonchev–Trinajstić information content (AvgIpc) is 2.46. The van der Waals surface area contributed by atoms with Gasteiger partial charge in [0, 0.05) is 26.2 Å². The minimum atomic E-state index is -0.335. The van der Waals surface area contributed by atoms with Crippen molar-refractivity contribution < 1.29 is 14.3 Å². The molecule has 6 heteroatoms. The highest BCUT2D eigenvalue weighted by molar-refractivity contribution is 5.78. The van der Waals surface area contributed by atoms with Crippen molar-refractivity contribution in [2.24, 2.45) is 5.73 Å². The molecular formula is C16H23N3O3. The summed E-state index contributed by atoms with van der Waals surface area (Å²) in [4.78, 5) is 26.8. The van der Waals surface area contributed by atoms with Gasteiger partial charge in [0.2, 0.25) is 5.91 Å². The van der Waals surface area contributed by atoms with Gasteiger partial charge in [-0.05, 0) is 25.5 Å². The van der Waals surface area contributed by atoms with Crippen LogP contribution in [0.15, 0.2) is 18.2 Å². The third kappa shape index (κ3) is 4.46. The monoisotopic (exact) mass is 305 g/mol. The standard InChI is InChI=1S/C16H23N3O3/c1-12-3-4-14(13(2)9-12)22-11-16(21)19-7-5-18(6-8-19)10-15(17)20/h3-4,9H,5-8,10-11H2,1-2H3,(H2,17,20). The van der Waals surface area contributed by atoms with Crippen molar-refractivity contribution in [2.45, 2.75) is 13.8 Å². The molecule has 1 aromatic rings. The van der Waals surface area contributed by atoms with Crippen molar-refractivity contribution in [3.63, 3.8) is 0 Å². The third-order valence-electron chi connectivity index (χ3n) is 3.79. The Morgan fingerprint density at radius 1 is 1.18 bits per heavy atom. The lowest BCUT2D eigenvalue weighted by Crippen LogP contribution is -2.51. The number of aryl methyl sites for hydroxylation is 2. The molecule has 1 fully saturated rings. The van der Waals surface area contributed by atoms with Crippen molar-refractivity contribution in [1.82, 2.24) is 9.80 Å². The molecule has 120 valence electrons. The second-order valence-corrected chi connectivity index (χ2v) is 5.68. The van der Waals surface area contributed by atoms with Gasteiger partial charge in [-0.1, -0.05) is 17.7 Å². The normalized spacial score (nSPS) is 15.6. The zero-order chi connectivity index (χ0) is 16.1. The molecule has 6 nitrogen and oxygen atoms in total. The maximum absolute atomic E-state index is 12.2. The van der Waals surface area contributed by atoms with E-state index in [1.54, 1.807) is 4.90 Å². The Balaban J connectivity index is 1.80. The lowest BCUT2D eigenvalue weighted by molar-refractivity contribution is -0.135. The lowest BCUT2D eigenvalue weighted by atomic mass is 10.1. The van der Waals surface area contributed by atoms with Crippen LogP contribution in [0.5, 0.6) is 5.75 Å². The number of nitrogens with two attached hydrogens (primary N) is 1. The number of nitrogens with zero attached hydrogens (tertiary/aromatic N) is 2. The quantitative estimate of drug-likeness (QED) is 0.849. The van der Waals surface area contributed by atoms with Gasteiger partial charge in [0.1, 0.15) is 5.75 Å². The van der Waals surface area contributed by atoms with Gasteiger partial charge in [0.15, 0.2) is 6.61 Å². The van der Waals surface area contributed by atoms with E-state index in [0.29, 0.717) is 26.2 Å². The Morgan fingerprint density at radius 2 is 1.86 bits per heavy atom. The summed E-state index contributed by atoms with van der Waals surface area (Å²) >= 11 is 0. The summed E-state index contributed by atoms with van der Waals surface area (Å²) in [5.74, 6) is 0.378. The highest BCUT2D eigenvalue weighted by atomic mass is 16.5. The molecule has 0 saturated carbocycles. The lowest BCUT2D eigenvalue weighted by Gasteiger charge is -2.33. The van der Waals surface area contributed by atoms with Gasteiger partial charge in [-0.3, -0.25) is 14.5 Å². The van der Waals surface area contributed by atoms with Crippen molar-refractivity contribution in [3.05, 3.63) is 29.3 Å². The Kier molecular flexibility index (Phi) is 5.38. The van der Waals surface area contributed by atoms with Crippen molar-refractivity contribution in [2.75, 3.05) is 39.3 Å². The number of hydrogen-bond acceptors (Lipinski definition) is 4. The first-order valence-corrected chi connectivity index (χ1v) is 7.44. The fraction of sp³-hybridized carbons (Fsp3) is 0.500. The van der Waals surface area contributed by atoms with Gasteiger partial charge >= 0.3 is 0 Å². The summed E-state index contributed by atoms with van der Waals surface area (Å²) in [7, 11) is 0. The molecule has 1 aliphatic heterocycles. The zero-order valence-electron chi connectivity index (χ0n) is 13.2. The number of rotatable bonds is 5. The molecule has 0 radical (unpaired) electrons. The molecule has 1 heterocycles. The second kappa shape index (κ2) is 7.26. The first-order valence-electron chi connectivity index (χ1n) is 7.44. The number of carbonyl (C=O) groups is 2. The van der Waals surface area contributed by atoms with E-state index in [4.69, 9.17) is 10.5 Å². The van der Waals surface area contributed by atoms with Crippen LogP contribution < -0.4 is 10.5 Å². The van der Waals surface area contributed by atoms with Gasteiger partial charge in [-0.25, -0.2) is 0 Å². The second-order valence-electron chi connectivity index (χ2n) is 5.68. The maximum Gasteiger partial charge on any atom is 0.260 e. The number of piperazine rings is 1. The molecule has 1 aromatic carbocycles. The van der Waals surface area contributed by atoms with Gasteiger partial charge in [0.25, 0.3) is 5.91 Å². The number of carbonyl (C=O) groups excluding carboxylic acids is 2. The van der Waals surface area contributed by atoms with Crippen LogP contribution >= 0.6 is 0 Å². The molecule has 0 bridgehead atoms. The van der Waals surface area contributed by atoms with Crippen LogP contribution in [-0.4, -0.2) is 60.9 Å². The molecule has 1 saturated heterocycles. The van der Waals surface area contributed by atoms with E-state index < -0.39 is 0 Å². The molecule has 2 amide bonds. The van der Waals surface area contributed by atoms with Crippen molar-refractivity contribution >= 4 is 11.8 Å². The minimum Gasteiger partial charge on any atom is -0.484 e.